The maximum Gasteiger partial charge on any atom is 0.227 e. The molecule has 0 radical (unpaired) electrons. The van der Waals surface area contributed by atoms with Gasteiger partial charge in [-0.05, 0) is 25.0 Å². The summed E-state index contributed by atoms with van der Waals surface area (Å²) in [5.41, 5.74) is 3.27. The number of likely N-dealkylation sites (tertiary alicyclic amines) is 1. The molecule has 2 amide bonds. The summed E-state index contributed by atoms with van der Waals surface area (Å²) in [4.78, 5) is 28.9. The van der Waals surface area contributed by atoms with Crippen LogP contribution in [0, 0.1) is 12.8 Å². The van der Waals surface area contributed by atoms with Gasteiger partial charge in [0.15, 0.2) is 0 Å². The Morgan fingerprint density at radius 2 is 1.89 bits per heavy atom. The van der Waals surface area contributed by atoms with Gasteiger partial charge in [0.05, 0.1) is 13.0 Å². The summed E-state index contributed by atoms with van der Waals surface area (Å²) in [6.45, 7) is 3.55. The molecular formula is C23H28N2O3. The number of rotatable bonds is 6. The van der Waals surface area contributed by atoms with Crippen molar-refractivity contribution in [1.29, 1.82) is 0 Å². The molecule has 0 aliphatic carbocycles. The van der Waals surface area contributed by atoms with Crippen LogP contribution >= 0.6 is 0 Å². The highest BCUT2D eigenvalue weighted by atomic mass is 16.5. The van der Waals surface area contributed by atoms with Gasteiger partial charge < -0.3 is 14.5 Å². The van der Waals surface area contributed by atoms with Crippen LogP contribution in [0.5, 0.6) is 5.75 Å². The van der Waals surface area contributed by atoms with E-state index in [4.69, 9.17) is 4.74 Å². The average molecular weight is 380 g/mol. The van der Waals surface area contributed by atoms with Crippen LogP contribution in [0.1, 0.15) is 29.5 Å². The summed E-state index contributed by atoms with van der Waals surface area (Å²) < 4.78 is 5.40. The maximum absolute atomic E-state index is 13.0. The molecule has 0 saturated carbocycles. The third kappa shape index (κ3) is 4.71. The average Bonchev–Trinajstić information content (AvgIpc) is 2.71. The molecule has 5 heteroatoms. The van der Waals surface area contributed by atoms with E-state index in [2.05, 4.69) is 24.3 Å². The number of hydrogen-bond donors (Lipinski definition) is 0. The van der Waals surface area contributed by atoms with Gasteiger partial charge >= 0.3 is 0 Å². The van der Waals surface area contributed by atoms with Crippen molar-refractivity contribution < 1.29 is 14.3 Å². The van der Waals surface area contributed by atoms with E-state index < -0.39 is 0 Å². The second kappa shape index (κ2) is 8.91. The van der Waals surface area contributed by atoms with Crippen LogP contribution in [-0.2, 0) is 22.7 Å². The smallest absolute Gasteiger partial charge is 0.227 e. The molecule has 1 heterocycles. The van der Waals surface area contributed by atoms with Crippen molar-refractivity contribution in [2.75, 3.05) is 20.7 Å². The van der Waals surface area contributed by atoms with Crippen molar-refractivity contribution in [3.8, 4) is 5.75 Å². The molecule has 0 aromatic heterocycles. The predicted molar refractivity (Wildman–Crippen MR) is 109 cm³/mol. The zero-order chi connectivity index (χ0) is 20.1. The van der Waals surface area contributed by atoms with Gasteiger partial charge in [-0.3, -0.25) is 9.59 Å². The van der Waals surface area contributed by atoms with Crippen LogP contribution in [0.25, 0.3) is 0 Å². The highest BCUT2D eigenvalue weighted by molar-refractivity contribution is 5.83. The molecule has 28 heavy (non-hydrogen) atoms. The van der Waals surface area contributed by atoms with Crippen LogP contribution < -0.4 is 4.74 Å². The molecule has 1 fully saturated rings. The number of piperidine rings is 1. The summed E-state index contributed by atoms with van der Waals surface area (Å²) in [6, 6.07) is 15.9. The Balaban J connectivity index is 1.64. The number of benzene rings is 2. The fraction of sp³-hybridized carbons (Fsp3) is 0.391. The topological polar surface area (TPSA) is 49.9 Å². The Bertz CT molecular complexity index is 832. The molecule has 1 saturated heterocycles. The Morgan fingerprint density at radius 3 is 2.61 bits per heavy atom. The maximum atomic E-state index is 13.0. The Kier molecular flexibility index (Phi) is 6.34. The van der Waals surface area contributed by atoms with Crippen molar-refractivity contribution >= 4 is 11.8 Å². The van der Waals surface area contributed by atoms with E-state index in [1.54, 1.807) is 16.9 Å². The summed E-state index contributed by atoms with van der Waals surface area (Å²) in [6.07, 6.45) is 1.02. The van der Waals surface area contributed by atoms with Gasteiger partial charge in [0.1, 0.15) is 5.75 Å². The van der Waals surface area contributed by atoms with Gasteiger partial charge in [-0.25, -0.2) is 0 Å². The number of para-hydroxylation sites is 1. The van der Waals surface area contributed by atoms with E-state index >= 15 is 0 Å². The number of hydrogen-bond acceptors (Lipinski definition) is 3. The lowest BCUT2D eigenvalue weighted by Gasteiger charge is -2.34. The van der Waals surface area contributed by atoms with Gasteiger partial charge in [0.25, 0.3) is 0 Å². The van der Waals surface area contributed by atoms with Crippen LogP contribution in [0.4, 0.5) is 0 Å². The molecule has 1 aliphatic rings. The summed E-state index contributed by atoms with van der Waals surface area (Å²) in [5.74, 6) is 0.789. The quantitative estimate of drug-likeness (QED) is 0.772. The number of methoxy groups -OCH3 is 1. The standard InChI is InChI=1S/C23H28N2O3/c1-17-8-10-18(11-9-17)14-24(2)23(27)20-12-13-22(26)25(16-20)15-19-6-4-5-7-21(19)28-3/h4-11,20H,12-16H2,1-3H3. The Labute approximate surface area is 166 Å². The largest absolute Gasteiger partial charge is 0.496 e. The summed E-state index contributed by atoms with van der Waals surface area (Å²) in [7, 11) is 3.46. The van der Waals surface area contributed by atoms with E-state index in [0.717, 1.165) is 16.9 Å². The first-order valence-corrected chi connectivity index (χ1v) is 9.68. The van der Waals surface area contributed by atoms with Crippen molar-refractivity contribution in [2.45, 2.75) is 32.9 Å². The highest BCUT2D eigenvalue weighted by Crippen LogP contribution is 2.25. The van der Waals surface area contributed by atoms with Gasteiger partial charge in [0.2, 0.25) is 11.8 Å². The molecule has 0 spiro atoms. The van der Waals surface area contributed by atoms with Crippen molar-refractivity contribution in [1.82, 2.24) is 9.80 Å². The fourth-order valence-corrected chi connectivity index (χ4v) is 3.67. The van der Waals surface area contributed by atoms with Crippen LogP contribution in [0.15, 0.2) is 48.5 Å². The first-order valence-electron chi connectivity index (χ1n) is 9.68. The number of carbonyl (C=O) groups is 2. The first kappa shape index (κ1) is 19.9. The Hall–Kier alpha value is -2.82. The lowest BCUT2D eigenvalue weighted by molar-refractivity contribution is -0.143. The van der Waals surface area contributed by atoms with Gasteiger partial charge in [-0.1, -0.05) is 48.0 Å². The first-order chi connectivity index (χ1) is 13.5. The molecule has 2 aromatic rings. The lowest BCUT2D eigenvalue weighted by atomic mass is 9.95. The molecule has 3 rings (SSSR count). The van der Waals surface area contributed by atoms with E-state index in [1.165, 1.54) is 5.56 Å². The van der Waals surface area contributed by atoms with E-state index in [-0.39, 0.29) is 17.7 Å². The fourth-order valence-electron chi connectivity index (χ4n) is 3.67. The van der Waals surface area contributed by atoms with Crippen molar-refractivity contribution in [2.24, 2.45) is 5.92 Å². The van der Waals surface area contributed by atoms with Crippen LogP contribution in [0.3, 0.4) is 0 Å². The van der Waals surface area contributed by atoms with Gasteiger partial charge in [-0.2, -0.15) is 0 Å². The second-order valence-corrected chi connectivity index (χ2v) is 7.50. The third-order valence-corrected chi connectivity index (χ3v) is 5.32. The molecule has 5 nitrogen and oxygen atoms in total. The van der Waals surface area contributed by atoms with Crippen LogP contribution in [-0.4, -0.2) is 42.3 Å². The van der Waals surface area contributed by atoms with Crippen molar-refractivity contribution in [3.63, 3.8) is 0 Å². The number of amides is 2. The molecule has 0 N–H and O–H groups in total. The zero-order valence-corrected chi connectivity index (χ0v) is 16.9. The normalized spacial score (nSPS) is 16.8. The lowest BCUT2D eigenvalue weighted by Crippen LogP contribution is -2.45. The monoisotopic (exact) mass is 380 g/mol. The number of ether oxygens (including phenoxy) is 1. The third-order valence-electron chi connectivity index (χ3n) is 5.32. The minimum absolute atomic E-state index is 0.0937. The molecule has 1 unspecified atom stereocenters. The van der Waals surface area contributed by atoms with Gasteiger partial charge in [0, 0.05) is 38.7 Å². The summed E-state index contributed by atoms with van der Waals surface area (Å²) >= 11 is 0. The molecule has 2 aromatic carbocycles. The predicted octanol–water partition coefficient (Wildman–Crippen LogP) is 3.40. The minimum Gasteiger partial charge on any atom is -0.496 e. The summed E-state index contributed by atoms with van der Waals surface area (Å²) in [5, 5.41) is 0. The molecule has 1 aliphatic heterocycles. The van der Waals surface area contributed by atoms with E-state index in [0.29, 0.717) is 32.5 Å². The number of nitrogens with zero attached hydrogens (tertiary/aromatic N) is 2. The second-order valence-electron chi connectivity index (χ2n) is 7.50. The Morgan fingerprint density at radius 1 is 1.18 bits per heavy atom. The number of aryl methyl sites for hydroxylation is 1. The van der Waals surface area contributed by atoms with Gasteiger partial charge in [-0.15, -0.1) is 0 Å². The highest BCUT2D eigenvalue weighted by Gasteiger charge is 2.32. The SMILES string of the molecule is COc1ccccc1CN1CC(C(=O)N(C)Cc2ccc(C)cc2)CCC1=O. The van der Waals surface area contributed by atoms with Crippen molar-refractivity contribution in [3.05, 3.63) is 65.2 Å². The zero-order valence-electron chi connectivity index (χ0n) is 16.9. The molecule has 0 bridgehead atoms. The van der Waals surface area contributed by atoms with Crippen LogP contribution in [0.2, 0.25) is 0 Å². The molecule has 1 atom stereocenters. The molecule has 148 valence electrons. The minimum atomic E-state index is -0.164. The number of carbonyl (C=O) groups excluding carboxylic acids is 2. The molecular weight excluding hydrogens is 352 g/mol. The van der Waals surface area contributed by atoms with E-state index in [1.807, 2.05) is 38.2 Å². The van der Waals surface area contributed by atoms with E-state index in [9.17, 15) is 9.59 Å².